The van der Waals surface area contributed by atoms with E-state index in [9.17, 15) is 4.79 Å². The first-order valence-corrected chi connectivity index (χ1v) is 10.1. The Morgan fingerprint density at radius 1 is 1.27 bits per heavy atom. The van der Waals surface area contributed by atoms with E-state index in [2.05, 4.69) is 44.1 Å². The fourth-order valence-electron chi connectivity index (χ4n) is 3.19. The van der Waals surface area contributed by atoms with Gasteiger partial charge < -0.3 is 24.6 Å². The highest BCUT2D eigenvalue weighted by atomic mass is 16.5. The standard InChI is InChI=1S/C20H31N7O3/c1-16(5-4-6-21-20(28)24-27-9-7-25(2)8-10-27)18-22-15-17(29-3)19(23-18)26-11-13-30-14-12-26/h4-5,15H,1,6-14H2,2-3H3,(H2,21,24,28)/b5-4+. The minimum absolute atomic E-state index is 0.217. The summed E-state index contributed by atoms with van der Waals surface area (Å²) in [5.74, 6) is 1.89. The number of ether oxygens (including phenoxy) is 2. The SMILES string of the molecule is C=C(/C=C/CNC(=O)NN1CCN(C)CC1)c1ncc(OC)c(N2CCOCC2)n1. The average molecular weight is 418 g/mol. The first kappa shape index (κ1) is 22.0. The summed E-state index contributed by atoms with van der Waals surface area (Å²) in [6.07, 6.45) is 5.29. The number of likely N-dealkylation sites (N-methyl/N-ethyl adjacent to an activating group) is 1. The van der Waals surface area contributed by atoms with Crippen LogP contribution in [0.1, 0.15) is 5.82 Å². The number of carbonyl (C=O) groups is 1. The number of nitrogens with one attached hydrogen (secondary N) is 2. The molecule has 30 heavy (non-hydrogen) atoms. The third-order valence-electron chi connectivity index (χ3n) is 5.02. The van der Waals surface area contributed by atoms with Crippen molar-refractivity contribution in [2.45, 2.75) is 0 Å². The Morgan fingerprint density at radius 2 is 2.00 bits per heavy atom. The fraction of sp³-hybridized carbons (Fsp3) is 0.550. The van der Waals surface area contributed by atoms with Crippen LogP contribution in [0.15, 0.2) is 24.9 Å². The van der Waals surface area contributed by atoms with Crippen molar-refractivity contribution in [1.29, 1.82) is 0 Å². The number of hydrogen-bond donors (Lipinski definition) is 2. The third kappa shape index (κ3) is 6.15. The van der Waals surface area contributed by atoms with Crippen molar-refractivity contribution in [3.05, 3.63) is 30.8 Å². The smallest absolute Gasteiger partial charge is 0.329 e. The van der Waals surface area contributed by atoms with Gasteiger partial charge in [-0.25, -0.2) is 19.8 Å². The molecule has 164 valence electrons. The van der Waals surface area contributed by atoms with Gasteiger partial charge in [0.2, 0.25) is 0 Å². The number of aromatic nitrogens is 2. The lowest BCUT2D eigenvalue weighted by atomic mass is 10.2. The van der Waals surface area contributed by atoms with E-state index in [-0.39, 0.29) is 6.03 Å². The highest BCUT2D eigenvalue weighted by Crippen LogP contribution is 2.27. The predicted octanol–water partition coefficient (Wildman–Crippen LogP) is 0.353. The molecule has 2 aliphatic heterocycles. The number of hydrogen-bond acceptors (Lipinski definition) is 8. The van der Waals surface area contributed by atoms with Gasteiger partial charge >= 0.3 is 6.03 Å². The Balaban J connectivity index is 1.50. The van der Waals surface area contributed by atoms with Crippen LogP contribution in [-0.2, 0) is 4.74 Å². The van der Waals surface area contributed by atoms with Gasteiger partial charge in [-0.05, 0) is 7.05 Å². The summed E-state index contributed by atoms with van der Waals surface area (Å²) >= 11 is 0. The molecule has 2 amide bonds. The summed E-state index contributed by atoms with van der Waals surface area (Å²) in [4.78, 5) is 25.3. The number of piperazine rings is 1. The van der Waals surface area contributed by atoms with Crippen molar-refractivity contribution >= 4 is 17.4 Å². The molecule has 1 aromatic rings. The number of methoxy groups -OCH3 is 1. The van der Waals surface area contributed by atoms with Crippen LogP contribution in [0.3, 0.4) is 0 Å². The maximum absolute atomic E-state index is 12.0. The topological polar surface area (TPSA) is 95.1 Å². The quantitative estimate of drug-likeness (QED) is 0.614. The van der Waals surface area contributed by atoms with Gasteiger partial charge in [-0.15, -0.1) is 0 Å². The van der Waals surface area contributed by atoms with Crippen LogP contribution in [0, 0.1) is 0 Å². The van der Waals surface area contributed by atoms with Gasteiger partial charge in [-0.3, -0.25) is 5.43 Å². The van der Waals surface area contributed by atoms with Gasteiger partial charge in [0.25, 0.3) is 0 Å². The highest BCUT2D eigenvalue weighted by molar-refractivity contribution is 5.74. The Bertz CT molecular complexity index is 757. The van der Waals surface area contributed by atoms with Crippen molar-refractivity contribution < 1.29 is 14.3 Å². The second kappa shape index (κ2) is 10.9. The van der Waals surface area contributed by atoms with E-state index in [0.717, 1.165) is 45.1 Å². The summed E-state index contributed by atoms with van der Waals surface area (Å²) in [6.45, 7) is 10.8. The van der Waals surface area contributed by atoms with Gasteiger partial charge in [0, 0.05) is 51.4 Å². The molecule has 2 N–H and O–H groups in total. The molecular weight excluding hydrogens is 386 g/mol. The molecule has 10 nitrogen and oxygen atoms in total. The lowest BCUT2D eigenvalue weighted by Crippen LogP contribution is -2.54. The van der Waals surface area contributed by atoms with Crippen molar-refractivity contribution in [2.24, 2.45) is 0 Å². The molecule has 0 aliphatic carbocycles. The molecule has 0 atom stereocenters. The number of hydrazine groups is 1. The average Bonchev–Trinajstić information content (AvgIpc) is 2.78. The zero-order valence-corrected chi connectivity index (χ0v) is 17.8. The van der Waals surface area contributed by atoms with E-state index in [0.29, 0.717) is 36.9 Å². The fourth-order valence-corrected chi connectivity index (χ4v) is 3.19. The maximum Gasteiger partial charge on any atom is 0.329 e. The molecule has 3 heterocycles. The van der Waals surface area contributed by atoms with E-state index < -0.39 is 0 Å². The van der Waals surface area contributed by atoms with Gasteiger partial charge in [0.05, 0.1) is 26.5 Å². The van der Waals surface area contributed by atoms with Crippen LogP contribution in [0.25, 0.3) is 5.57 Å². The number of morpholine rings is 1. The summed E-state index contributed by atoms with van der Waals surface area (Å²) in [5.41, 5.74) is 3.52. The zero-order valence-electron chi connectivity index (χ0n) is 17.8. The Morgan fingerprint density at radius 3 is 2.70 bits per heavy atom. The van der Waals surface area contributed by atoms with E-state index in [1.54, 1.807) is 19.4 Å². The summed E-state index contributed by atoms with van der Waals surface area (Å²) in [7, 11) is 3.68. The van der Waals surface area contributed by atoms with E-state index >= 15 is 0 Å². The number of nitrogens with zero attached hydrogens (tertiary/aromatic N) is 5. The summed E-state index contributed by atoms with van der Waals surface area (Å²) in [6, 6.07) is -0.217. The molecule has 0 unspecified atom stereocenters. The lowest BCUT2D eigenvalue weighted by molar-refractivity contribution is 0.113. The molecule has 0 bridgehead atoms. The van der Waals surface area contributed by atoms with Gasteiger partial charge in [-0.2, -0.15) is 0 Å². The first-order chi connectivity index (χ1) is 14.6. The van der Waals surface area contributed by atoms with E-state index in [4.69, 9.17) is 9.47 Å². The van der Waals surface area contributed by atoms with Crippen LogP contribution in [-0.4, -0.2) is 99.1 Å². The second-order valence-corrected chi connectivity index (χ2v) is 7.22. The Hall–Kier alpha value is -2.69. The van der Waals surface area contributed by atoms with Crippen LogP contribution in [0.2, 0.25) is 0 Å². The molecule has 0 radical (unpaired) electrons. The van der Waals surface area contributed by atoms with Crippen molar-refractivity contribution in [3.63, 3.8) is 0 Å². The molecule has 1 aromatic heterocycles. The number of anilines is 1. The normalized spacial score (nSPS) is 18.4. The molecule has 3 rings (SSSR count). The van der Waals surface area contributed by atoms with Crippen LogP contribution in [0.5, 0.6) is 5.75 Å². The number of rotatable bonds is 7. The largest absolute Gasteiger partial charge is 0.491 e. The minimum Gasteiger partial charge on any atom is -0.491 e. The molecule has 10 heteroatoms. The molecule has 2 saturated heterocycles. The van der Waals surface area contributed by atoms with Crippen LogP contribution < -0.4 is 20.4 Å². The molecule has 0 aromatic carbocycles. The number of carbonyl (C=O) groups excluding carboxylic acids is 1. The number of urea groups is 1. The van der Waals surface area contributed by atoms with Gasteiger partial charge in [-0.1, -0.05) is 18.7 Å². The van der Waals surface area contributed by atoms with Crippen molar-refractivity contribution in [1.82, 2.24) is 30.6 Å². The molecular formula is C20H31N7O3. The Labute approximate surface area is 177 Å². The lowest BCUT2D eigenvalue weighted by Gasteiger charge is -2.32. The van der Waals surface area contributed by atoms with E-state index in [1.807, 2.05) is 11.1 Å². The van der Waals surface area contributed by atoms with Gasteiger partial charge in [0.15, 0.2) is 17.4 Å². The predicted molar refractivity (Wildman–Crippen MR) is 115 cm³/mol. The molecule has 0 saturated carbocycles. The third-order valence-corrected chi connectivity index (χ3v) is 5.02. The minimum atomic E-state index is -0.217. The van der Waals surface area contributed by atoms with E-state index in [1.165, 1.54) is 0 Å². The van der Waals surface area contributed by atoms with Crippen LogP contribution >= 0.6 is 0 Å². The Kier molecular flexibility index (Phi) is 8.00. The summed E-state index contributed by atoms with van der Waals surface area (Å²) < 4.78 is 10.8. The van der Waals surface area contributed by atoms with Crippen LogP contribution in [0.4, 0.5) is 10.6 Å². The monoisotopic (exact) mass is 417 g/mol. The molecule has 2 aliphatic rings. The number of allylic oxidation sites excluding steroid dienone is 2. The first-order valence-electron chi connectivity index (χ1n) is 10.1. The van der Waals surface area contributed by atoms with Crippen molar-refractivity contribution in [2.75, 3.05) is 78.1 Å². The zero-order chi connectivity index (χ0) is 21.3. The molecule has 0 spiro atoms. The van der Waals surface area contributed by atoms with Crippen molar-refractivity contribution in [3.8, 4) is 5.75 Å². The maximum atomic E-state index is 12.0. The summed E-state index contributed by atoms with van der Waals surface area (Å²) in [5, 5.41) is 4.74. The molecule has 2 fully saturated rings. The number of amides is 2. The second-order valence-electron chi connectivity index (χ2n) is 7.22. The van der Waals surface area contributed by atoms with Gasteiger partial charge in [0.1, 0.15) is 0 Å². The highest BCUT2D eigenvalue weighted by Gasteiger charge is 2.19.